The number of rotatable bonds is 3. The van der Waals surface area contributed by atoms with Crippen molar-refractivity contribution < 1.29 is 19.1 Å². The number of aliphatic hydroxyl groups excluding tert-OH is 1. The van der Waals surface area contributed by atoms with E-state index in [0.29, 0.717) is 28.7 Å². The highest BCUT2D eigenvalue weighted by molar-refractivity contribution is 7.11. The van der Waals surface area contributed by atoms with Gasteiger partial charge in [0, 0.05) is 32.1 Å². The summed E-state index contributed by atoms with van der Waals surface area (Å²) in [5.41, 5.74) is 0.494. The number of benzene rings is 1. The van der Waals surface area contributed by atoms with Crippen molar-refractivity contribution in [1.82, 2.24) is 20.0 Å². The smallest absolute Gasteiger partial charge is 0.274 e. The van der Waals surface area contributed by atoms with Crippen molar-refractivity contribution in [1.29, 1.82) is 0 Å². The Labute approximate surface area is 180 Å². The number of aromatic nitrogens is 2. The van der Waals surface area contributed by atoms with E-state index >= 15 is 0 Å². The Balaban J connectivity index is 1.41. The predicted octanol–water partition coefficient (Wildman–Crippen LogP) is 2.66. The molecule has 10 heteroatoms. The van der Waals surface area contributed by atoms with Crippen LogP contribution >= 0.6 is 22.9 Å². The molecule has 1 aromatic heterocycles. The van der Waals surface area contributed by atoms with E-state index in [0.717, 1.165) is 12.8 Å². The highest BCUT2D eigenvalue weighted by atomic mass is 35.5. The van der Waals surface area contributed by atoms with Gasteiger partial charge in [-0.1, -0.05) is 23.7 Å². The van der Waals surface area contributed by atoms with Gasteiger partial charge in [-0.05, 0) is 24.5 Å². The van der Waals surface area contributed by atoms with Gasteiger partial charge >= 0.3 is 0 Å². The maximum Gasteiger partial charge on any atom is 0.274 e. The number of fused-ring (bicyclic) bond motifs is 2. The average Bonchev–Trinajstić information content (AvgIpc) is 3.38. The Morgan fingerprint density at radius 2 is 2.10 bits per heavy atom. The Hall–Kier alpha value is -2.52. The molecule has 3 aliphatic heterocycles. The SMILES string of the molecule is O=C1C(O)=C2C(=O)N3CCC[C@@H]3CN2CC1c1nnc(Cc2cccc(Cl)c2F)s1. The van der Waals surface area contributed by atoms with E-state index < -0.39 is 23.3 Å². The van der Waals surface area contributed by atoms with Crippen LogP contribution in [0.25, 0.3) is 0 Å². The second-order valence-electron chi connectivity index (χ2n) is 7.74. The molecule has 1 N–H and O–H groups in total. The highest BCUT2D eigenvalue weighted by Crippen LogP contribution is 2.37. The summed E-state index contributed by atoms with van der Waals surface area (Å²) in [6, 6.07) is 4.88. The molecule has 3 aliphatic rings. The van der Waals surface area contributed by atoms with Crippen molar-refractivity contribution in [3.63, 3.8) is 0 Å². The Morgan fingerprint density at radius 1 is 1.27 bits per heavy atom. The molecular formula is C20H18ClFN4O3S. The largest absolute Gasteiger partial charge is 0.503 e. The summed E-state index contributed by atoms with van der Waals surface area (Å²) in [7, 11) is 0. The van der Waals surface area contributed by atoms with E-state index in [1.807, 2.05) is 0 Å². The maximum atomic E-state index is 14.2. The van der Waals surface area contributed by atoms with E-state index in [1.54, 1.807) is 21.9 Å². The van der Waals surface area contributed by atoms with Gasteiger partial charge in [-0.3, -0.25) is 9.59 Å². The summed E-state index contributed by atoms with van der Waals surface area (Å²) in [4.78, 5) is 29.1. The van der Waals surface area contributed by atoms with Crippen molar-refractivity contribution in [2.24, 2.45) is 0 Å². The Morgan fingerprint density at radius 3 is 2.93 bits per heavy atom. The van der Waals surface area contributed by atoms with Gasteiger partial charge in [-0.2, -0.15) is 0 Å². The van der Waals surface area contributed by atoms with Crippen LogP contribution in [-0.2, 0) is 16.0 Å². The maximum absolute atomic E-state index is 14.2. The molecule has 0 radical (unpaired) electrons. The molecule has 1 amide bonds. The standard InChI is InChI=1S/C20H18ClFN4O3S/c21-13-5-1-3-10(15(13)22)7-14-23-24-19(30-14)12-9-25-8-11-4-2-6-26(11)20(29)16(25)18(28)17(12)27/h1,3,5,11-12,28H,2,4,6-9H2/t11-,12?/m1/s1. The van der Waals surface area contributed by atoms with Crippen molar-refractivity contribution in [2.75, 3.05) is 19.6 Å². The fraction of sp³-hybridized carbons (Fsp3) is 0.400. The van der Waals surface area contributed by atoms with Crippen LogP contribution in [0.4, 0.5) is 4.39 Å². The number of piperazine rings is 1. The molecule has 7 nitrogen and oxygen atoms in total. The molecule has 30 heavy (non-hydrogen) atoms. The number of nitrogens with zero attached hydrogens (tertiary/aromatic N) is 4. The van der Waals surface area contributed by atoms with Crippen LogP contribution in [0.3, 0.4) is 0 Å². The van der Waals surface area contributed by atoms with E-state index in [2.05, 4.69) is 10.2 Å². The zero-order valence-electron chi connectivity index (χ0n) is 15.8. The molecule has 2 saturated heterocycles. The third-order valence-corrected chi connectivity index (χ3v) is 7.25. The van der Waals surface area contributed by atoms with Gasteiger partial charge in [0.05, 0.1) is 10.9 Å². The van der Waals surface area contributed by atoms with Gasteiger partial charge in [0.15, 0.2) is 5.76 Å². The van der Waals surface area contributed by atoms with Gasteiger partial charge in [0.2, 0.25) is 5.78 Å². The number of allylic oxidation sites excluding steroid dienone is 1. The van der Waals surface area contributed by atoms with Gasteiger partial charge in [0.25, 0.3) is 5.91 Å². The number of amides is 1. The first-order valence-electron chi connectivity index (χ1n) is 9.72. The van der Waals surface area contributed by atoms with E-state index in [9.17, 15) is 19.1 Å². The lowest BCUT2D eigenvalue weighted by Gasteiger charge is -2.43. The first kappa shape index (κ1) is 19.4. The number of ketones is 1. The number of carbonyl (C=O) groups excluding carboxylic acids is 2. The number of aliphatic hydroxyl groups is 1. The molecule has 0 aliphatic carbocycles. The normalized spacial score (nSPS) is 23.8. The van der Waals surface area contributed by atoms with E-state index in [1.165, 1.54) is 17.4 Å². The van der Waals surface area contributed by atoms with Gasteiger partial charge in [-0.25, -0.2) is 4.39 Å². The molecule has 2 aromatic rings. The molecule has 2 atom stereocenters. The van der Waals surface area contributed by atoms with Crippen molar-refractivity contribution in [3.05, 3.63) is 56.1 Å². The van der Waals surface area contributed by atoms with E-state index in [4.69, 9.17) is 11.6 Å². The predicted molar refractivity (Wildman–Crippen MR) is 108 cm³/mol. The summed E-state index contributed by atoms with van der Waals surface area (Å²) in [5, 5.41) is 19.8. The van der Waals surface area contributed by atoms with Gasteiger partial charge < -0.3 is 14.9 Å². The zero-order valence-corrected chi connectivity index (χ0v) is 17.4. The van der Waals surface area contributed by atoms with Crippen LogP contribution < -0.4 is 0 Å². The van der Waals surface area contributed by atoms with Crippen molar-refractivity contribution >= 4 is 34.6 Å². The summed E-state index contributed by atoms with van der Waals surface area (Å²) in [6.45, 7) is 1.52. The topological polar surface area (TPSA) is 86.6 Å². The highest BCUT2D eigenvalue weighted by Gasteiger charge is 2.47. The minimum absolute atomic E-state index is 0.0398. The van der Waals surface area contributed by atoms with Crippen LogP contribution in [0.5, 0.6) is 0 Å². The molecule has 1 aromatic carbocycles. The minimum atomic E-state index is -0.704. The molecular weight excluding hydrogens is 431 g/mol. The van der Waals surface area contributed by atoms with Gasteiger partial charge in [0.1, 0.15) is 21.5 Å². The number of halogens is 2. The molecule has 0 bridgehead atoms. The number of carbonyl (C=O) groups is 2. The fourth-order valence-corrected chi connectivity index (χ4v) is 5.58. The molecule has 0 spiro atoms. The van der Waals surface area contributed by atoms with Crippen LogP contribution in [0.2, 0.25) is 5.02 Å². The first-order valence-corrected chi connectivity index (χ1v) is 10.9. The minimum Gasteiger partial charge on any atom is -0.503 e. The molecule has 4 heterocycles. The molecule has 0 saturated carbocycles. The summed E-state index contributed by atoms with van der Waals surface area (Å²) >= 11 is 7.04. The van der Waals surface area contributed by atoms with Crippen LogP contribution in [0, 0.1) is 5.82 Å². The lowest BCUT2D eigenvalue weighted by atomic mass is 9.94. The molecule has 2 fully saturated rings. The van der Waals surface area contributed by atoms with Crippen LogP contribution in [-0.4, -0.2) is 62.5 Å². The summed E-state index contributed by atoms with van der Waals surface area (Å²) in [6.07, 6.45) is 2.05. The van der Waals surface area contributed by atoms with Gasteiger partial charge in [-0.15, -0.1) is 21.5 Å². The van der Waals surface area contributed by atoms with Crippen molar-refractivity contribution in [2.45, 2.75) is 31.2 Å². The fourth-order valence-electron chi connectivity index (χ4n) is 4.43. The third kappa shape index (κ3) is 3.07. The quantitative estimate of drug-likeness (QED) is 0.776. The van der Waals surface area contributed by atoms with Crippen LogP contribution in [0.1, 0.15) is 34.3 Å². The lowest BCUT2D eigenvalue weighted by molar-refractivity contribution is -0.136. The second-order valence-corrected chi connectivity index (χ2v) is 9.24. The number of Topliss-reactive ketones (excluding diaryl/α,β-unsaturated/α-hetero) is 1. The van der Waals surface area contributed by atoms with Crippen molar-refractivity contribution in [3.8, 4) is 0 Å². The third-order valence-electron chi connectivity index (χ3n) is 5.92. The monoisotopic (exact) mass is 448 g/mol. The Kier molecular flexibility index (Phi) is 4.74. The molecule has 1 unspecified atom stereocenters. The number of hydrogen-bond donors (Lipinski definition) is 1. The first-order chi connectivity index (χ1) is 14.4. The second kappa shape index (κ2) is 7.31. The van der Waals surface area contributed by atoms with Crippen LogP contribution in [0.15, 0.2) is 29.7 Å². The molecule has 5 rings (SSSR count). The average molecular weight is 449 g/mol. The lowest BCUT2D eigenvalue weighted by Crippen LogP contribution is -2.56. The van der Waals surface area contributed by atoms with E-state index in [-0.39, 0.29) is 35.6 Å². The zero-order chi connectivity index (χ0) is 21.0. The number of hydrogen-bond acceptors (Lipinski definition) is 7. The summed E-state index contributed by atoms with van der Waals surface area (Å²) < 4.78 is 14.2. The Bertz CT molecular complexity index is 1090. The molecule has 156 valence electrons. The summed E-state index contributed by atoms with van der Waals surface area (Å²) in [5.74, 6) is -2.50.